The summed E-state index contributed by atoms with van der Waals surface area (Å²) in [6.07, 6.45) is 2.92. The van der Waals surface area contributed by atoms with E-state index < -0.39 is 0 Å². The molecule has 1 spiro atoms. The highest BCUT2D eigenvalue weighted by atomic mass is 16.5. The lowest BCUT2D eigenvalue weighted by Crippen LogP contribution is -2.50. The first-order valence-electron chi connectivity index (χ1n) is 9.59. The van der Waals surface area contributed by atoms with E-state index in [1.54, 1.807) is 7.11 Å². The molecule has 2 saturated heterocycles. The van der Waals surface area contributed by atoms with Crippen molar-refractivity contribution in [1.29, 1.82) is 0 Å². The lowest BCUT2D eigenvalue weighted by atomic mass is 9.78. The normalized spacial score (nSPS) is 23.4. The van der Waals surface area contributed by atoms with Crippen molar-refractivity contribution in [3.8, 4) is 11.5 Å². The van der Waals surface area contributed by atoms with Crippen molar-refractivity contribution in [2.45, 2.75) is 25.8 Å². The molecule has 1 aromatic heterocycles. The molecule has 7 nitrogen and oxygen atoms in total. The van der Waals surface area contributed by atoms with E-state index in [0.717, 1.165) is 44.5 Å². The molecule has 144 valence electrons. The number of piperidine rings is 1. The third kappa shape index (κ3) is 3.75. The molecule has 27 heavy (non-hydrogen) atoms. The number of likely N-dealkylation sites (tertiary alicyclic amines) is 2. The number of aromatic nitrogens is 2. The Kier molecular flexibility index (Phi) is 5.22. The number of ether oxygens (including phenoxy) is 1. The molecule has 1 amide bonds. The van der Waals surface area contributed by atoms with Crippen LogP contribution in [0.3, 0.4) is 0 Å². The highest BCUT2D eigenvalue weighted by Crippen LogP contribution is 2.40. The Balaban J connectivity index is 1.40. The van der Waals surface area contributed by atoms with E-state index >= 15 is 0 Å². The number of hydrogen-bond acceptors (Lipinski definition) is 6. The molecular formula is C20H26N4O3. The van der Waals surface area contributed by atoms with Gasteiger partial charge in [0.2, 0.25) is 17.7 Å². The summed E-state index contributed by atoms with van der Waals surface area (Å²) in [6, 6.07) is 9.78. The van der Waals surface area contributed by atoms with Crippen molar-refractivity contribution >= 4 is 5.91 Å². The number of rotatable bonds is 6. The Morgan fingerprint density at radius 3 is 2.85 bits per heavy atom. The van der Waals surface area contributed by atoms with Crippen LogP contribution in [0.5, 0.6) is 0 Å². The van der Waals surface area contributed by atoms with Gasteiger partial charge in [0, 0.05) is 32.3 Å². The predicted octanol–water partition coefficient (Wildman–Crippen LogP) is 2.20. The number of benzene rings is 1. The Labute approximate surface area is 159 Å². The highest BCUT2D eigenvalue weighted by Gasteiger charge is 2.48. The maximum atomic E-state index is 13.0. The van der Waals surface area contributed by atoms with Gasteiger partial charge in [-0.2, -0.15) is 0 Å². The van der Waals surface area contributed by atoms with Crippen LogP contribution >= 0.6 is 0 Å². The van der Waals surface area contributed by atoms with Crippen LogP contribution in [-0.4, -0.2) is 65.8 Å². The van der Waals surface area contributed by atoms with Crippen LogP contribution in [0.15, 0.2) is 34.7 Å². The lowest BCUT2D eigenvalue weighted by molar-refractivity contribution is -0.146. The van der Waals surface area contributed by atoms with Gasteiger partial charge >= 0.3 is 0 Å². The molecule has 0 saturated carbocycles. The average Bonchev–Trinajstić information content (AvgIpc) is 3.32. The first kappa shape index (κ1) is 18.1. The fraction of sp³-hybridized carbons (Fsp3) is 0.550. The van der Waals surface area contributed by atoms with E-state index in [-0.39, 0.29) is 11.3 Å². The van der Waals surface area contributed by atoms with Gasteiger partial charge in [0.25, 0.3) is 0 Å². The zero-order valence-corrected chi connectivity index (χ0v) is 15.8. The van der Waals surface area contributed by atoms with Crippen molar-refractivity contribution in [2.24, 2.45) is 5.41 Å². The van der Waals surface area contributed by atoms with Crippen molar-refractivity contribution in [3.05, 3.63) is 36.2 Å². The Morgan fingerprint density at radius 1 is 1.19 bits per heavy atom. The Hall–Kier alpha value is -2.25. The van der Waals surface area contributed by atoms with E-state index in [9.17, 15) is 4.79 Å². The second kappa shape index (κ2) is 7.78. The van der Waals surface area contributed by atoms with Crippen LogP contribution in [-0.2, 0) is 16.1 Å². The number of carbonyl (C=O) groups excluding carboxylic acids is 1. The van der Waals surface area contributed by atoms with E-state index in [1.165, 1.54) is 0 Å². The molecule has 4 rings (SSSR count). The molecule has 0 N–H and O–H groups in total. The predicted molar refractivity (Wildman–Crippen MR) is 99.8 cm³/mol. The van der Waals surface area contributed by atoms with Gasteiger partial charge in [-0.05, 0) is 37.9 Å². The van der Waals surface area contributed by atoms with Gasteiger partial charge in [0.05, 0.1) is 18.6 Å². The molecular weight excluding hydrogens is 344 g/mol. The minimum absolute atomic E-state index is 0.256. The largest absolute Gasteiger partial charge is 0.419 e. The highest BCUT2D eigenvalue weighted by molar-refractivity contribution is 5.84. The second-order valence-electron chi connectivity index (χ2n) is 7.50. The molecule has 2 aliphatic heterocycles. The summed E-state index contributed by atoms with van der Waals surface area (Å²) in [4.78, 5) is 17.3. The van der Waals surface area contributed by atoms with Crippen molar-refractivity contribution in [2.75, 3.05) is 39.9 Å². The molecule has 2 aliphatic rings. The monoisotopic (exact) mass is 370 g/mol. The summed E-state index contributed by atoms with van der Waals surface area (Å²) in [5, 5.41) is 8.35. The van der Waals surface area contributed by atoms with Gasteiger partial charge in [-0.1, -0.05) is 18.2 Å². The topological polar surface area (TPSA) is 71.7 Å². The summed E-state index contributed by atoms with van der Waals surface area (Å²) in [5.74, 6) is 1.42. The molecule has 3 heterocycles. The van der Waals surface area contributed by atoms with Crippen LogP contribution in [0, 0.1) is 5.41 Å². The zero-order chi connectivity index (χ0) is 18.7. The smallest absolute Gasteiger partial charge is 0.247 e. The second-order valence-corrected chi connectivity index (χ2v) is 7.50. The van der Waals surface area contributed by atoms with Gasteiger partial charge in [0.15, 0.2) is 0 Å². The van der Waals surface area contributed by atoms with Gasteiger partial charge in [-0.25, -0.2) is 0 Å². The minimum Gasteiger partial charge on any atom is -0.419 e. The number of amides is 1. The Morgan fingerprint density at radius 2 is 2.04 bits per heavy atom. The first-order chi connectivity index (χ1) is 13.2. The molecule has 0 radical (unpaired) electrons. The van der Waals surface area contributed by atoms with E-state index in [0.29, 0.717) is 31.5 Å². The van der Waals surface area contributed by atoms with Gasteiger partial charge in [0.1, 0.15) is 0 Å². The third-order valence-corrected chi connectivity index (χ3v) is 5.67. The molecule has 7 heteroatoms. The quantitative estimate of drug-likeness (QED) is 0.776. The molecule has 0 aliphatic carbocycles. The maximum Gasteiger partial charge on any atom is 0.247 e. The van der Waals surface area contributed by atoms with Crippen molar-refractivity contribution < 1.29 is 13.9 Å². The lowest BCUT2D eigenvalue weighted by Gasteiger charge is -2.39. The maximum absolute atomic E-state index is 13.0. The van der Waals surface area contributed by atoms with E-state index in [2.05, 4.69) is 15.1 Å². The number of methoxy groups -OCH3 is 1. The molecule has 2 aromatic rings. The number of nitrogens with zero attached hydrogens (tertiary/aromatic N) is 4. The first-order valence-corrected chi connectivity index (χ1v) is 9.59. The summed E-state index contributed by atoms with van der Waals surface area (Å²) in [5.41, 5.74) is 0.666. The van der Waals surface area contributed by atoms with Gasteiger partial charge in [-0.3, -0.25) is 9.69 Å². The van der Waals surface area contributed by atoms with Crippen molar-refractivity contribution in [1.82, 2.24) is 20.0 Å². The molecule has 1 atom stereocenters. The standard InChI is InChI=1S/C20H26N4O3/c1-26-13-12-24-10-5-8-20(19(24)25)9-11-23(15-20)14-17-21-22-18(27-17)16-6-3-2-4-7-16/h2-4,6-7H,5,8-15H2,1H3/t20-/m1/s1. The third-order valence-electron chi connectivity index (χ3n) is 5.67. The number of hydrogen-bond donors (Lipinski definition) is 0. The SMILES string of the molecule is COCCN1CCC[C@]2(CCN(Cc3nnc(-c4ccccc4)o3)C2)C1=O. The molecule has 1 aromatic carbocycles. The van der Waals surface area contributed by atoms with Crippen LogP contribution in [0.4, 0.5) is 0 Å². The summed E-state index contributed by atoms with van der Waals surface area (Å²) >= 11 is 0. The fourth-order valence-corrected chi connectivity index (χ4v) is 4.25. The zero-order valence-electron chi connectivity index (χ0n) is 15.8. The average molecular weight is 370 g/mol. The van der Waals surface area contributed by atoms with Gasteiger partial charge in [-0.15, -0.1) is 10.2 Å². The summed E-state index contributed by atoms with van der Waals surface area (Å²) in [7, 11) is 1.68. The minimum atomic E-state index is -0.256. The molecule has 2 fully saturated rings. The molecule has 0 unspecified atom stereocenters. The number of carbonyl (C=O) groups is 1. The fourth-order valence-electron chi connectivity index (χ4n) is 4.25. The van der Waals surface area contributed by atoms with E-state index in [1.807, 2.05) is 35.2 Å². The molecule has 0 bridgehead atoms. The van der Waals surface area contributed by atoms with Crippen LogP contribution in [0.1, 0.15) is 25.2 Å². The van der Waals surface area contributed by atoms with Crippen molar-refractivity contribution in [3.63, 3.8) is 0 Å². The summed E-state index contributed by atoms with van der Waals surface area (Å²) in [6.45, 7) is 4.35. The van der Waals surface area contributed by atoms with Crippen LogP contribution in [0.2, 0.25) is 0 Å². The van der Waals surface area contributed by atoms with Crippen LogP contribution in [0.25, 0.3) is 11.5 Å². The van der Waals surface area contributed by atoms with E-state index in [4.69, 9.17) is 9.15 Å². The summed E-state index contributed by atoms with van der Waals surface area (Å²) < 4.78 is 11.0. The van der Waals surface area contributed by atoms with Crippen LogP contribution < -0.4 is 0 Å². The van der Waals surface area contributed by atoms with Gasteiger partial charge < -0.3 is 14.1 Å². The Bertz CT molecular complexity index is 779.